The van der Waals surface area contributed by atoms with E-state index in [4.69, 9.17) is 0 Å². The number of hydrogen-bond donors (Lipinski definition) is 1. The van der Waals surface area contributed by atoms with Crippen molar-refractivity contribution in [2.24, 2.45) is 5.41 Å². The molecule has 0 saturated heterocycles. The minimum Gasteiger partial charge on any atom is -0.358 e. The van der Waals surface area contributed by atoms with Crippen molar-refractivity contribution in [3.63, 3.8) is 0 Å². The van der Waals surface area contributed by atoms with E-state index in [9.17, 15) is 4.79 Å². The predicted molar refractivity (Wildman–Crippen MR) is 123 cm³/mol. The van der Waals surface area contributed by atoms with Crippen molar-refractivity contribution in [2.45, 2.75) is 52.4 Å². The zero-order valence-corrected chi connectivity index (χ0v) is 18.1. The zero-order chi connectivity index (χ0) is 21.0. The zero-order valence-electron chi connectivity index (χ0n) is 18.1. The number of hydrogen-bond acceptors (Lipinski definition) is 3. The molecule has 1 N–H and O–H groups in total. The first-order valence-corrected chi connectivity index (χ1v) is 10.8. The lowest BCUT2D eigenvalue weighted by molar-refractivity contribution is -0.118. The molecule has 2 aliphatic rings. The molecule has 0 fully saturated rings. The number of nitrogens with zero attached hydrogens (tertiary/aromatic N) is 1. The third-order valence-electron chi connectivity index (χ3n) is 6.55. The second kappa shape index (κ2) is 6.80. The molecule has 0 amide bonds. The summed E-state index contributed by atoms with van der Waals surface area (Å²) in [5, 5.41) is 4.79. The Kier molecular flexibility index (Phi) is 4.32. The average Bonchev–Trinajstić information content (AvgIpc) is 2.71. The van der Waals surface area contributed by atoms with Crippen molar-refractivity contribution in [3.8, 4) is 0 Å². The monoisotopic (exact) mass is 396 g/mol. The Morgan fingerprint density at radius 1 is 1.03 bits per heavy atom. The molecule has 1 aliphatic carbocycles. The number of Topliss-reactive ketones (excluding diaryl/α,β-unsaturated/α-hetero) is 1. The predicted octanol–water partition coefficient (Wildman–Crippen LogP) is 6.56. The normalized spacial score (nSPS) is 20.2. The highest BCUT2D eigenvalue weighted by Crippen LogP contribution is 2.50. The lowest BCUT2D eigenvalue weighted by Crippen LogP contribution is -2.33. The molecule has 5 rings (SSSR count). The van der Waals surface area contributed by atoms with E-state index in [0.29, 0.717) is 12.3 Å². The molecule has 30 heavy (non-hydrogen) atoms. The van der Waals surface area contributed by atoms with Crippen molar-refractivity contribution in [1.82, 2.24) is 4.98 Å². The largest absolute Gasteiger partial charge is 0.358 e. The molecule has 0 saturated carbocycles. The van der Waals surface area contributed by atoms with Gasteiger partial charge in [0.2, 0.25) is 0 Å². The fourth-order valence-corrected chi connectivity index (χ4v) is 5.06. The van der Waals surface area contributed by atoms with Gasteiger partial charge in [0, 0.05) is 35.2 Å². The summed E-state index contributed by atoms with van der Waals surface area (Å²) in [6.07, 6.45) is 3.31. The van der Waals surface area contributed by atoms with E-state index >= 15 is 0 Å². The topological polar surface area (TPSA) is 42.0 Å². The number of carbonyl (C=O) groups excluding carboxylic acids is 1. The number of aromatic nitrogens is 1. The quantitative estimate of drug-likeness (QED) is 0.533. The summed E-state index contributed by atoms with van der Waals surface area (Å²) >= 11 is 0. The van der Waals surface area contributed by atoms with E-state index in [1.54, 1.807) is 0 Å². The second-order valence-corrected chi connectivity index (χ2v) is 9.81. The minimum absolute atomic E-state index is 0.0324. The van der Waals surface area contributed by atoms with E-state index < -0.39 is 0 Å². The lowest BCUT2D eigenvalue weighted by Gasteiger charge is -2.40. The smallest absolute Gasteiger partial charge is 0.162 e. The molecular formula is C27H28N2O. The number of carbonyl (C=O) groups is 1. The third-order valence-corrected chi connectivity index (χ3v) is 6.55. The lowest BCUT2D eigenvalue weighted by atomic mass is 9.68. The number of ketones is 1. The van der Waals surface area contributed by atoms with Crippen LogP contribution in [0.5, 0.6) is 0 Å². The van der Waals surface area contributed by atoms with Crippen molar-refractivity contribution >= 4 is 22.4 Å². The van der Waals surface area contributed by atoms with Gasteiger partial charge in [-0.25, -0.2) is 0 Å². The molecule has 1 unspecified atom stereocenters. The molecule has 3 aromatic rings. The van der Waals surface area contributed by atoms with Crippen LogP contribution in [0.2, 0.25) is 0 Å². The summed E-state index contributed by atoms with van der Waals surface area (Å²) < 4.78 is 0. The van der Waals surface area contributed by atoms with Gasteiger partial charge in [-0.3, -0.25) is 9.78 Å². The van der Waals surface area contributed by atoms with E-state index in [1.807, 2.05) is 12.3 Å². The van der Waals surface area contributed by atoms with E-state index in [-0.39, 0.29) is 17.1 Å². The van der Waals surface area contributed by atoms with Gasteiger partial charge in [-0.15, -0.1) is 0 Å². The number of nitrogens with one attached hydrogen (secondary N) is 1. The number of anilines is 1. The van der Waals surface area contributed by atoms with Gasteiger partial charge in [-0.1, -0.05) is 58.0 Å². The van der Waals surface area contributed by atoms with E-state index in [2.05, 4.69) is 80.5 Å². The maximum atomic E-state index is 13.4. The summed E-state index contributed by atoms with van der Waals surface area (Å²) in [4.78, 5) is 17.9. The maximum absolute atomic E-state index is 13.4. The van der Waals surface area contributed by atoms with Crippen LogP contribution in [0.3, 0.4) is 0 Å². The number of rotatable bonds is 2. The van der Waals surface area contributed by atoms with Crippen LogP contribution < -0.4 is 5.32 Å². The molecule has 152 valence electrons. The number of allylic oxidation sites excluding steroid dienone is 2. The van der Waals surface area contributed by atoms with Crippen molar-refractivity contribution in [3.05, 3.63) is 82.7 Å². The molecular weight excluding hydrogens is 368 g/mol. The fraction of sp³-hybridized carbons (Fsp3) is 0.333. The van der Waals surface area contributed by atoms with E-state index in [0.717, 1.165) is 34.3 Å². The molecule has 2 aromatic carbocycles. The van der Waals surface area contributed by atoms with Crippen LogP contribution in [0.4, 0.5) is 5.69 Å². The first kappa shape index (κ1) is 19.0. The molecule has 0 spiro atoms. The van der Waals surface area contributed by atoms with Crippen LogP contribution >= 0.6 is 0 Å². The molecule has 1 atom stereocenters. The molecule has 3 nitrogen and oxygen atoms in total. The van der Waals surface area contributed by atoms with Crippen LogP contribution in [0.15, 0.2) is 66.0 Å². The molecule has 1 aliphatic heterocycles. The van der Waals surface area contributed by atoms with Gasteiger partial charge in [-0.05, 0) is 52.6 Å². The Labute approximate surface area is 178 Å². The van der Waals surface area contributed by atoms with Gasteiger partial charge in [0.25, 0.3) is 0 Å². The Bertz CT molecular complexity index is 1190. The summed E-state index contributed by atoms with van der Waals surface area (Å²) in [6.45, 7) is 8.79. The number of benzene rings is 2. The highest BCUT2D eigenvalue weighted by molar-refractivity contribution is 6.04. The SMILES string of the molecule is CC(C)c1ccc(C2C3=C(CC(C)(C)CC3=O)Nc3c2ccc2ncccc32)cc1. The van der Waals surface area contributed by atoms with Crippen molar-refractivity contribution in [1.29, 1.82) is 0 Å². The first-order chi connectivity index (χ1) is 14.3. The molecule has 2 heterocycles. The molecule has 0 radical (unpaired) electrons. The third kappa shape index (κ3) is 3.04. The van der Waals surface area contributed by atoms with Crippen LogP contribution in [-0.4, -0.2) is 10.8 Å². The maximum Gasteiger partial charge on any atom is 0.162 e. The van der Waals surface area contributed by atoms with Gasteiger partial charge < -0.3 is 5.32 Å². The van der Waals surface area contributed by atoms with Crippen LogP contribution in [0.25, 0.3) is 10.9 Å². The minimum atomic E-state index is -0.0364. The van der Waals surface area contributed by atoms with Gasteiger partial charge in [0.1, 0.15) is 0 Å². The summed E-state index contributed by atoms with van der Waals surface area (Å²) in [6, 6.07) is 17.2. The van der Waals surface area contributed by atoms with Gasteiger partial charge in [0.05, 0.1) is 11.2 Å². The standard InChI is InChI=1S/C27H28N2O/c1-16(2)17-7-9-18(10-8-17)24-20-11-12-21-19(6-5-13-28-21)26(20)29-22-14-27(3,4)15-23(30)25(22)24/h5-13,16,24,29H,14-15H2,1-4H3. The van der Waals surface area contributed by atoms with Gasteiger partial charge in [-0.2, -0.15) is 0 Å². The Morgan fingerprint density at radius 3 is 2.53 bits per heavy atom. The molecule has 0 bridgehead atoms. The average molecular weight is 397 g/mol. The molecule has 3 heteroatoms. The molecule has 1 aromatic heterocycles. The summed E-state index contributed by atoms with van der Waals surface area (Å²) in [5.41, 5.74) is 7.74. The highest BCUT2D eigenvalue weighted by Gasteiger charge is 2.40. The van der Waals surface area contributed by atoms with Gasteiger partial charge in [0.15, 0.2) is 5.78 Å². The van der Waals surface area contributed by atoms with Crippen molar-refractivity contribution < 1.29 is 4.79 Å². The Balaban J connectivity index is 1.74. The van der Waals surface area contributed by atoms with E-state index in [1.165, 1.54) is 16.7 Å². The summed E-state index contributed by atoms with van der Waals surface area (Å²) in [5.74, 6) is 0.718. The fourth-order valence-electron chi connectivity index (χ4n) is 5.06. The van der Waals surface area contributed by atoms with Crippen LogP contribution in [0.1, 0.15) is 69.1 Å². The number of fused-ring (bicyclic) bond motifs is 3. The van der Waals surface area contributed by atoms with Crippen LogP contribution in [0, 0.1) is 5.41 Å². The first-order valence-electron chi connectivity index (χ1n) is 10.8. The van der Waals surface area contributed by atoms with Crippen LogP contribution in [-0.2, 0) is 4.79 Å². The Hall–Kier alpha value is -2.94. The summed E-state index contributed by atoms with van der Waals surface area (Å²) in [7, 11) is 0. The van der Waals surface area contributed by atoms with Gasteiger partial charge >= 0.3 is 0 Å². The second-order valence-electron chi connectivity index (χ2n) is 9.81. The highest BCUT2D eigenvalue weighted by atomic mass is 16.1. The Morgan fingerprint density at radius 2 is 1.80 bits per heavy atom. The van der Waals surface area contributed by atoms with Crippen molar-refractivity contribution in [2.75, 3.05) is 5.32 Å². The number of pyridine rings is 1.